The minimum atomic E-state index is 0.900. The molecule has 4 aromatic heterocycles. The van der Waals surface area contributed by atoms with Crippen LogP contribution < -0.4 is 0 Å². The summed E-state index contributed by atoms with van der Waals surface area (Å²) < 4.78 is 11.2. The van der Waals surface area contributed by atoms with Crippen molar-refractivity contribution in [1.82, 2.24) is 14.1 Å². The molecule has 10 aromatic carbocycles. The number of aromatic amines is 1. The number of rotatable bonds is 5. The van der Waals surface area contributed by atoms with Crippen LogP contribution in [0.3, 0.4) is 0 Å². The first-order valence-corrected chi connectivity index (χ1v) is 21.9. The Balaban J connectivity index is 0.953. The van der Waals surface area contributed by atoms with Crippen LogP contribution in [0.2, 0.25) is 0 Å². The van der Waals surface area contributed by atoms with Crippen molar-refractivity contribution in [3.8, 4) is 44.8 Å². The Labute approximate surface area is 367 Å². The summed E-state index contributed by atoms with van der Waals surface area (Å²) in [5.41, 5.74) is 18.2. The molecule has 14 aromatic rings. The fourth-order valence-electron chi connectivity index (χ4n) is 10.7. The number of benzene rings is 10. The molecular weight excluding hydrogens is 779 g/mol. The molecule has 298 valence electrons. The lowest BCUT2D eigenvalue weighted by molar-refractivity contribution is 0.669. The molecule has 0 amide bonds. The predicted molar refractivity (Wildman–Crippen MR) is 268 cm³/mol. The smallest absolute Gasteiger partial charge is 0.136 e. The summed E-state index contributed by atoms with van der Waals surface area (Å²) in [6, 6.07) is 79.3. The van der Waals surface area contributed by atoms with Crippen molar-refractivity contribution in [2.75, 3.05) is 0 Å². The molecule has 0 spiro atoms. The van der Waals surface area contributed by atoms with Crippen molar-refractivity contribution in [2.45, 2.75) is 0 Å². The Morgan fingerprint density at radius 2 is 0.812 bits per heavy atom. The van der Waals surface area contributed by atoms with Gasteiger partial charge >= 0.3 is 0 Å². The zero-order chi connectivity index (χ0) is 41.9. The second-order valence-corrected chi connectivity index (χ2v) is 16.9. The minimum Gasteiger partial charge on any atom is -0.456 e. The van der Waals surface area contributed by atoms with Gasteiger partial charge in [-0.2, -0.15) is 0 Å². The van der Waals surface area contributed by atoms with Gasteiger partial charge in [-0.3, -0.25) is 0 Å². The van der Waals surface area contributed by atoms with E-state index in [9.17, 15) is 0 Å². The van der Waals surface area contributed by atoms with Gasteiger partial charge in [0, 0.05) is 65.5 Å². The number of H-pyrrole nitrogens is 1. The molecule has 0 aliphatic heterocycles. The number of furan rings is 1. The quantitative estimate of drug-likeness (QED) is 0.185. The van der Waals surface area contributed by atoms with Crippen LogP contribution in [0, 0.1) is 0 Å². The third-order valence-corrected chi connectivity index (χ3v) is 13.4. The number of fused-ring (bicyclic) bond motifs is 12. The fraction of sp³-hybridized carbons (Fsp3) is 0. The largest absolute Gasteiger partial charge is 0.456 e. The van der Waals surface area contributed by atoms with Gasteiger partial charge in [0.25, 0.3) is 0 Å². The Hall–Kier alpha value is -8.60. The highest BCUT2D eigenvalue weighted by Crippen LogP contribution is 2.43. The van der Waals surface area contributed by atoms with E-state index in [1.807, 2.05) is 12.1 Å². The van der Waals surface area contributed by atoms with E-state index < -0.39 is 0 Å². The van der Waals surface area contributed by atoms with Gasteiger partial charge in [0.05, 0.1) is 22.1 Å². The zero-order valence-electron chi connectivity index (χ0n) is 34.6. The standard InChI is InChI=1S/C60H37N3O/c1-5-25-50-47(19-1)58-42(22-11-26-51(58)61-50)37-14-9-17-41(34-37)63-52-27-6-2-18-45(52)46-33-32-39(36-55(46)63)43-23-12-29-54-59(43)48-20-3-7-28-53(48)62(54)40-16-10-15-38(35-40)44-24-13-31-57-60(44)49-21-4-8-30-56(49)64-57/h1-36,61H. The number of para-hydroxylation sites is 4. The first-order chi connectivity index (χ1) is 31.7. The Morgan fingerprint density at radius 3 is 1.61 bits per heavy atom. The molecule has 0 aliphatic rings. The molecule has 4 heteroatoms. The summed E-state index contributed by atoms with van der Waals surface area (Å²) >= 11 is 0. The van der Waals surface area contributed by atoms with Crippen molar-refractivity contribution in [2.24, 2.45) is 0 Å². The molecule has 64 heavy (non-hydrogen) atoms. The summed E-state index contributed by atoms with van der Waals surface area (Å²) in [6.07, 6.45) is 0. The molecular formula is C60H37N3O. The SMILES string of the molecule is c1cc(-c2cccc3[nH]c4ccccc4c23)cc(-n2c3ccccc3c3ccc(-c4cccc5c4c4ccccc4n5-c4cccc(-c5cccc6oc7ccccc7c56)c4)cc32)c1. The summed E-state index contributed by atoms with van der Waals surface area (Å²) in [7, 11) is 0. The normalized spacial score (nSPS) is 12.1. The van der Waals surface area contributed by atoms with Crippen LogP contribution in [0.1, 0.15) is 0 Å². The second kappa shape index (κ2) is 13.4. The summed E-state index contributed by atoms with van der Waals surface area (Å²) in [4.78, 5) is 3.64. The lowest BCUT2D eigenvalue weighted by Gasteiger charge is -2.13. The third-order valence-electron chi connectivity index (χ3n) is 13.4. The van der Waals surface area contributed by atoms with Gasteiger partial charge in [0.1, 0.15) is 11.2 Å². The van der Waals surface area contributed by atoms with Gasteiger partial charge < -0.3 is 18.5 Å². The van der Waals surface area contributed by atoms with E-state index in [1.165, 1.54) is 76.6 Å². The number of nitrogens with one attached hydrogen (secondary N) is 1. The van der Waals surface area contributed by atoms with Crippen molar-refractivity contribution >= 4 is 87.4 Å². The van der Waals surface area contributed by atoms with Crippen molar-refractivity contribution < 1.29 is 4.42 Å². The first-order valence-electron chi connectivity index (χ1n) is 21.9. The van der Waals surface area contributed by atoms with Crippen LogP contribution in [-0.2, 0) is 0 Å². The molecule has 0 radical (unpaired) electrons. The van der Waals surface area contributed by atoms with E-state index in [0.717, 1.165) is 55.5 Å². The molecule has 0 fully saturated rings. The third kappa shape index (κ3) is 5.05. The molecule has 0 atom stereocenters. The second-order valence-electron chi connectivity index (χ2n) is 16.9. The molecule has 0 unspecified atom stereocenters. The van der Waals surface area contributed by atoms with Gasteiger partial charge in [-0.05, 0) is 106 Å². The fourth-order valence-corrected chi connectivity index (χ4v) is 10.7. The monoisotopic (exact) mass is 815 g/mol. The number of hydrogen-bond donors (Lipinski definition) is 1. The van der Waals surface area contributed by atoms with Crippen LogP contribution in [0.25, 0.3) is 132 Å². The maximum Gasteiger partial charge on any atom is 0.136 e. The average molecular weight is 816 g/mol. The maximum atomic E-state index is 6.30. The highest BCUT2D eigenvalue weighted by molar-refractivity contribution is 6.18. The van der Waals surface area contributed by atoms with E-state index in [4.69, 9.17) is 4.42 Å². The number of aromatic nitrogens is 3. The van der Waals surface area contributed by atoms with Gasteiger partial charge in [0.2, 0.25) is 0 Å². The summed E-state index contributed by atoms with van der Waals surface area (Å²) in [5.74, 6) is 0. The van der Waals surface area contributed by atoms with Crippen LogP contribution in [0.15, 0.2) is 223 Å². The molecule has 0 bridgehead atoms. The molecule has 0 saturated heterocycles. The van der Waals surface area contributed by atoms with Gasteiger partial charge in [-0.25, -0.2) is 0 Å². The van der Waals surface area contributed by atoms with E-state index in [0.29, 0.717) is 0 Å². The summed E-state index contributed by atoms with van der Waals surface area (Å²) in [5, 5.41) is 9.70. The van der Waals surface area contributed by atoms with Crippen LogP contribution in [0.5, 0.6) is 0 Å². The topological polar surface area (TPSA) is 38.8 Å². The van der Waals surface area contributed by atoms with Crippen LogP contribution in [0.4, 0.5) is 0 Å². The van der Waals surface area contributed by atoms with E-state index in [-0.39, 0.29) is 0 Å². The van der Waals surface area contributed by atoms with Gasteiger partial charge in [-0.15, -0.1) is 0 Å². The predicted octanol–water partition coefficient (Wildman–Crippen LogP) is 16.4. The maximum absolute atomic E-state index is 6.30. The van der Waals surface area contributed by atoms with Crippen LogP contribution >= 0.6 is 0 Å². The Bertz CT molecular complexity index is 4210. The zero-order valence-corrected chi connectivity index (χ0v) is 34.6. The lowest BCUT2D eigenvalue weighted by atomic mass is 9.98. The molecule has 1 N–H and O–H groups in total. The number of nitrogens with zero attached hydrogens (tertiary/aromatic N) is 2. The summed E-state index contributed by atoms with van der Waals surface area (Å²) in [6.45, 7) is 0. The van der Waals surface area contributed by atoms with Crippen molar-refractivity contribution in [3.05, 3.63) is 218 Å². The molecule has 4 nitrogen and oxygen atoms in total. The minimum absolute atomic E-state index is 0.900. The lowest BCUT2D eigenvalue weighted by Crippen LogP contribution is -1.95. The van der Waals surface area contributed by atoms with Gasteiger partial charge in [0.15, 0.2) is 0 Å². The molecule has 0 saturated carbocycles. The average Bonchev–Trinajstić information content (AvgIpc) is 4.11. The van der Waals surface area contributed by atoms with Crippen molar-refractivity contribution in [1.29, 1.82) is 0 Å². The Morgan fingerprint density at radius 1 is 0.297 bits per heavy atom. The molecule has 4 heterocycles. The van der Waals surface area contributed by atoms with Crippen LogP contribution in [-0.4, -0.2) is 14.1 Å². The van der Waals surface area contributed by atoms with Gasteiger partial charge in [-0.1, -0.05) is 146 Å². The number of hydrogen-bond acceptors (Lipinski definition) is 1. The highest BCUT2D eigenvalue weighted by Gasteiger charge is 2.20. The van der Waals surface area contributed by atoms with E-state index in [1.54, 1.807) is 0 Å². The highest BCUT2D eigenvalue weighted by atomic mass is 16.3. The van der Waals surface area contributed by atoms with E-state index in [2.05, 4.69) is 220 Å². The first kappa shape index (κ1) is 35.0. The van der Waals surface area contributed by atoms with Crippen molar-refractivity contribution in [3.63, 3.8) is 0 Å². The molecule has 14 rings (SSSR count). The Kier molecular flexibility index (Phi) is 7.36. The molecule has 0 aliphatic carbocycles. The van der Waals surface area contributed by atoms with E-state index >= 15 is 0 Å².